The Morgan fingerprint density at radius 3 is 2.70 bits per heavy atom. The molecule has 0 radical (unpaired) electrons. The van der Waals surface area contributed by atoms with Crippen LogP contribution in [-0.4, -0.2) is 52.0 Å². The summed E-state index contributed by atoms with van der Waals surface area (Å²) in [6.45, 7) is 7.60. The van der Waals surface area contributed by atoms with Crippen LogP contribution in [0.15, 0.2) is 40.5 Å². The van der Waals surface area contributed by atoms with Crippen LogP contribution in [0.5, 0.6) is 0 Å². The average molecular weight is 389 g/mol. The van der Waals surface area contributed by atoms with Crippen molar-refractivity contribution in [1.29, 1.82) is 0 Å². The molecule has 0 saturated heterocycles. The van der Waals surface area contributed by atoms with Crippen molar-refractivity contribution in [2.24, 2.45) is 4.99 Å². The van der Waals surface area contributed by atoms with Gasteiger partial charge in [0.25, 0.3) is 0 Å². The molecular weight excluding hydrogens is 356 g/mol. The number of guanidine groups is 1. The number of unbranched alkanes of at least 4 members (excludes halogenated alkanes) is 1. The summed E-state index contributed by atoms with van der Waals surface area (Å²) in [5.41, 5.74) is 1.28. The Bertz CT molecular complexity index is 695. The molecule has 2 rings (SSSR count). The third kappa shape index (κ3) is 6.90. The zero-order valence-electron chi connectivity index (χ0n) is 17.0. The van der Waals surface area contributed by atoms with Gasteiger partial charge in [-0.05, 0) is 30.4 Å². The first-order valence-electron chi connectivity index (χ1n) is 9.67. The van der Waals surface area contributed by atoms with Gasteiger partial charge in [-0.25, -0.2) is 0 Å². The summed E-state index contributed by atoms with van der Waals surface area (Å²) < 4.78 is 2.10. The van der Waals surface area contributed by atoms with E-state index in [1.807, 2.05) is 0 Å². The topological polar surface area (TPSA) is 58.3 Å². The maximum Gasteiger partial charge on any atom is 0.194 e. The van der Waals surface area contributed by atoms with Gasteiger partial charge in [0.2, 0.25) is 0 Å². The molecule has 0 amide bonds. The minimum Gasteiger partial charge on any atom is -0.354 e. The smallest absolute Gasteiger partial charge is 0.194 e. The number of nitrogens with zero attached hydrogens (tertiary/aromatic N) is 5. The first kappa shape index (κ1) is 21.3. The Morgan fingerprint density at radius 1 is 1.26 bits per heavy atom. The fraction of sp³-hybridized carbons (Fsp3) is 0.550. The van der Waals surface area contributed by atoms with E-state index < -0.39 is 0 Å². The lowest BCUT2D eigenvalue weighted by atomic mass is 10.2. The first-order chi connectivity index (χ1) is 13.2. The second kappa shape index (κ2) is 11.6. The van der Waals surface area contributed by atoms with Crippen LogP contribution in [0.25, 0.3) is 0 Å². The van der Waals surface area contributed by atoms with Crippen molar-refractivity contribution in [3.63, 3.8) is 0 Å². The molecule has 7 heteroatoms. The van der Waals surface area contributed by atoms with Gasteiger partial charge < -0.3 is 14.8 Å². The molecule has 1 heterocycles. The first-order valence-corrected chi connectivity index (χ1v) is 10.9. The Balaban J connectivity index is 1.95. The fourth-order valence-corrected chi connectivity index (χ4v) is 3.17. The maximum absolute atomic E-state index is 4.79. The van der Waals surface area contributed by atoms with Crippen LogP contribution in [0.1, 0.15) is 38.1 Å². The van der Waals surface area contributed by atoms with E-state index in [0.717, 1.165) is 57.2 Å². The van der Waals surface area contributed by atoms with Crippen LogP contribution in [0.2, 0.25) is 0 Å². The number of aliphatic imine (C=N–C) groups is 1. The lowest BCUT2D eigenvalue weighted by molar-refractivity contribution is 0.470. The van der Waals surface area contributed by atoms with Crippen LogP contribution >= 0.6 is 11.8 Å². The van der Waals surface area contributed by atoms with Gasteiger partial charge in [0.05, 0.1) is 0 Å². The van der Waals surface area contributed by atoms with Crippen molar-refractivity contribution in [3.05, 3.63) is 42.0 Å². The summed E-state index contributed by atoms with van der Waals surface area (Å²) in [6.07, 6.45) is 7.04. The molecule has 0 unspecified atom stereocenters. The van der Waals surface area contributed by atoms with Crippen LogP contribution < -0.4 is 5.32 Å². The Morgan fingerprint density at radius 2 is 2.04 bits per heavy atom. The van der Waals surface area contributed by atoms with Crippen molar-refractivity contribution in [2.75, 3.05) is 26.4 Å². The van der Waals surface area contributed by atoms with Gasteiger partial charge >= 0.3 is 0 Å². The predicted molar refractivity (Wildman–Crippen MR) is 114 cm³/mol. The third-order valence-corrected chi connectivity index (χ3v) is 5.10. The van der Waals surface area contributed by atoms with E-state index in [4.69, 9.17) is 4.99 Å². The number of aryl methyl sites for hydroxylation is 1. The van der Waals surface area contributed by atoms with Crippen molar-refractivity contribution >= 4 is 17.7 Å². The highest BCUT2D eigenvalue weighted by Crippen LogP contribution is 2.15. The lowest BCUT2D eigenvalue weighted by Crippen LogP contribution is -2.40. The Labute approximate surface area is 167 Å². The molecule has 0 saturated carbocycles. The molecule has 0 bridgehead atoms. The zero-order valence-corrected chi connectivity index (χ0v) is 17.8. The summed E-state index contributed by atoms with van der Waals surface area (Å²) in [4.78, 5) is 8.27. The van der Waals surface area contributed by atoms with Gasteiger partial charge in [-0.1, -0.05) is 32.4 Å². The van der Waals surface area contributed by atoms with E-state index in [1.54, 1.807) is 18.1 Å². The van der Waals surface area contributed by atoms with Gasteiger partial charge in [0.1, 0.15) is 12.2 Å². The fourth-order valence-electron chi connectivity index (χ4n) is 2.76. The SMILES string of the molecule is CCCCN=C(NCCn1cnnc1CC)N(C)Cc1ccc(SC)cc1. The minimum atomic E-state index is 0.797. The summed E-state index contributed by atoms with van der Waals surface area (Å²) in [5.74, 6) is 1.96. The minimum absolute atomic E-state index is 0.797. The summed E-state index contributed by atoms with van der Waals surface area (Å²) in [7, 11) is 2.09. The number of hydrogen-bond donors (Lipinski definition) is 1. The molecule has 0 spiro atoms. The monoisotopic (exact) mass is 388 g/mol. The Kier molecular flexibility index (Phi) is 9.18. The molecule has 27 heavy (non-hydrogen) atoms. The molecular formula is C20H32N6S. The average Bonchev–Trinajstić information content (AvgIpc) is 3.15. The van der Waals surface area contributed by atoms with E-state index in [9.17, 15) is 0 Å². The van der Waals surface area contributed by atoms with E-state index in [1.165, 1.54) is 10.5 Å². The highest BCUT2D eigenvalue weighted by Gasteiger charge is 2.08. The number of benzene rings is 1. The van der Waals surface area contributed by atoms with Gasteiger partial charge in [-0.2, -0.15) is 0 Å². The summed E-state index contributed by atoms with van der Waals surface area (Å²) in [5, 5.41) is 11.6. The molecule has 2 aromatic rings. The third-order valence-electron chi connectivity index (χ3n) is 4.36. The molecule has 148 valence electrons. The van der Waals surface area contributed by atoms with Crippen molar-refractivity contribution in [3.8, 4) is 0 Å². The van der Waals surface area contributed by atoms with Crippen LogP contribution in [-0.2, 0) is 19.5 Å². The summed E-state index contributed by atoms with van der Waals surface area (Å²) in [6, 6.07) is 8.73. The highest BCUT2D eigenvalue weighted by molar-refractivity contribution is 7.98. The molecule has 1 aromatic heterocycles. The van der Waals surface area contributed by atoms with E-state index in [2.05, 4.69) is 76.4 Å². The molecule has 0 atom stereocenters. The molecule has 1 aromatic carbocycles. The Hall–Kier alpha value is -2.02. The molecule has 6 nitrogen and oxygen atoms in total. The van der Waals surface area contributed by atoms with E-state index in [-0.39, 0.29) is 0 Å². The maximum atomic E-state index is 4.79. The molecule has 0 aliphatic rings. The number of rotatable bonds is 10. The second-order valence-electron chi connectivity index (χ2n) is 6.48. The van der Waals surface area contributed by atoms with Gasteiger partial charge in [-0.3, -0.25) is 4.99 Å². The molecule has 0 aliphatic carbocycles. The van der Waals surface area contributed by atoms with E-state index in [0.29, 0.717) is 0 Å². The van der Waals surface area contributed by atoms with Gasteiger partial charge in [-0.15, -0.1) is 22.0 Å². The normalized spacial score (nSPS) is 11.6. The quantitative estimate of drug-likeness (QED) is 0.292. The number of nitrogens with one attached hydrogen (secondary N) is 1. The van der Waals surface area contributed by atoms with Crippen LogP contribution in [0.4, 0.5) is 0 Å². The standard InChI is InChI=1S/C20H32N6S/c1-5-7-12-21-20(22-13-14-26-16-23-24-19(26)6-2)25(3)15-17-8-10-18(27-4)11-9-17/h8-11,16H,5-7,12-15H2,1-4H3,(H,21,22). The number of aromatic nitrogens is 3. The second-order valence-corrected chi connectivity index (χ2v) is 7.36. The van der Waals surface area contributed by atoms with Crippen molar-refractivity contribution < 1.29 is 0 Å². The number of thioether (sulfide) groups is 1. The van der Waals surface area contributed by atoms with Crippen molar-refractivity contribution in [2.45, 2.75) is 51.1 Å². The number of hydrogen-bond acceptors (Lipinski definition) is 4. The molecule has 0 aliphatic heterocycles. The van der Waals surface area contributed by atoms with Gasteiger partial charge in [0, 0.05) is 44.5 Å². The highest BCUT2D eigenvalue weighted by atomic mass is 32.2. The zero-order chi connectivity index (χ0) is 19.5. The lowest BCUT2D eigenvalue weighted by Gasteiger charge is -2.23. The largest absolute Gasteiger partial charge is 0.354 e. The van der Waals surface area contributed by atoms with E-state index >= 15 is 0 Å². The van der Waals surface area contributed by atoms with Gasteiger partial charge in [0.15, 0.2) is 5.96 Å². The van der Waals surface area contributed by atoms with Crippen LogP contribution in [0.3, 0.4) is 0 Å². The van der Waals surface area contributed by atoms with Crippen LogP contribution in [0, 0.1) is 0 Å². The molecule has 0 fully saturated rings. The van der Waals surface area contributed by atoms with Crippen molar-refractivity contribution in [1.82, 2.24) is 25.0 Å². The predicted octanol–water partition coefficient (Wildman–Crippen LogP) is 3.44. The summed E-state index contributed by atoms with van der Waals surface area (Å²) >= 11 is 1.77. The molecule has 1 N–H and O–H groups in total.